The van der Waals surface area contributed by atoms with Crippen molar-refractivity contribution >= 4 is 20.2 Å². The van der Waals surface area contributed by atoms with Gasteiger partial charge in [0.1, 0.15) is 0 Å². The van der Waals surface area contributed by atoms with Crippen molar-refractivity contribution in [1.29, 1.82) is 0 Å². The third-order valence-corrected chi connectivity index (χ3v) is 7.28. The van der Waals surface area contributed by atoms with E-state index in [2.05, 4.69) is 71.0 Å². The summed E-state index contributed by atoms with van der Waals surface area (Å²) in [5, 5.41) is 0. The van der Waals surface area contributed by atoms with Crippen molar-refractivity contribution in [3.05, 3.63) is 114 Å². The van der Waals surface area contributed by atoms with Crippen LogP contribution in [0.1, 0.15) is 200 Å². The highest BCUT2D eigenvalue weighted by atomic mass is 32.2. The molecule has 2 aromatic rings. The van der Waals surface area contributed by atoms with E-state index in [1.165, 1.54) is 28.3 Å². The average molecular weight is 894 g/mol. The van der Waals surface area contributed by atoms with Gasteiger partial charge in [-0.1, -0.05) is 184 Å². The van der Waals surface area contributed by atoms with Gasteiger partial charge in [0.05, 0.1) is 10.6 Å². The SMILES string of the molecule is C=C.C=C(C)C.C=C(C)C.C=C(C)[C@H](C)CCCS(=O)(=O)O.CC.CC.CC.CC.CC.CC.CC.CC.CCc1ccc(C)cc1.Cc1cc(C)c(S(=O)(=O)O)cc1C. The molecule has 6 nitrogen and oxygen atoms in total. The highest BCUT2D eigenvalue weighted by Crippen LogP contribution is 2.19. The first-order valence-electron chi connectivity index (χ1n) is 22.4. The third kappa shape index (κ3) is 91.1. The molecule has 60 heavy (non-hydrogen) atoms. The number of hydrogen-bond acceptors (Lipinski definition) is 4. The first-order chi connectivity index (χ1) is 27.9. The van der Waals surface area contributed by atoms with Crippen LogP contribution in [0.3, 0.4) is 0 Å². The molecule has 0 bridgehead atoms. The molecule has 2 rings (SSSR count). The van der Waals surface area contributed by atoms with E-state index in [4.69, 9.17) is 9.11 Å². The van der Waals surface area contributed by atoms with E-state index in [0.29, 0.717) is 17.9 Å². The van der Waals surface area contributed by atoms with Crippen LogP contribution in [0.5, 0.6) is 0 Å². The van der Waals surface area contributed by atoms with Gasteiger partial charge in [0.25, 0.3) is 20.2 Å². The number of hydrogen-bond donors (Lipinski definition) is 2. The van der Waals surface area contributed by atoms with Crippen LogP contribution in [0.4, 0.5) is 0 Å². The zero-order valence-electron chi connectivity index (χ0n) is 45.2. The summed E-state index contributed by atoms with van der Waals surface area (Å²) in [6.45, 7) is 70.3. The highest BCUT2D eigenvalue weighted by molar-refractivity contribution is 7.86. The van der Waals surface area contributed by atoms with Crippen LogP contribution in [0.2, 0.25) is 0 Å². The molecule has 0 aliphatic carbocycles. The number of rotatable bonds is 7. The lowest BCUT2D eigenvalue weighted by Crippen LogP contribution is -2.06. The molecule has 0 spiro atoms. The Balaban J connectivity index is -0.0000000453. The molecule has 0 heterocycles. The van der Waals surface area contributed by atoms with Gasteiger partial charge in [-0.3, -0.25) is 9.11 Å². The van der Waals surface area contributed by atoms with Gasteiger partial charge in [0.2, 0.25) is 0 Å². The lowest BCUT2D eigenvalue weighted by molar-refractivity contribution is 0.476. The van der Waals surface area contributed by atoms with Gasteiger partial charge in [-0.2, -0.15) is 16.8 Å². The summed E-state index contributed by atoms with van der Waals surface area (Å²) in [6, 6.07) is 11.9. The molecule has 0 aliphatic heterocycles. The van der Waals surface area contributed by atoms with Crippen molar-refractivity contribution in [2.45, 2.75) is 211 Å². The molecular weight excluding hydrogens is 785 g/mol. The van der Waals surface area contributed by atoms with E-state index in [0.717, 1.165) is 29.5 Å². The van der Waals surface area contributed by atoms with E-state index in [-0.39, 0.29) is 10.6 Å². The third-order valence-electron chi connectivity index (χ3n) is 5.48. The van der Waals surface area contributed by atoms with E-state index >= 15 is 0 Å². The van der Waals surface area contributed by atoms with Crippen LogP contribution >= 0.6 is 0 Å². The molecule has 0 fully saturated rings. The van der Waals surface area contributed by atoms with Crippen molar-refractivity contribution in [1.82, 2.24) is 0 Å². The average Bonchev–Trinajstić information content (AvgIpc) is 3.22. The summed E-state index contributed by atoms with van der Waals surface area (Å²) in [5.74, 6) is 0.177. The van der Waals surface area contributed by atoms with Crippen LogP contribution in [0.25, 0.3) is 0 Å². The predicted octanol–water partition coefficient (Wildman–Crippen LogP) is 18.5. The summed E-state index contributed by atoms with van der Waals surface area (Å²) in [4.78, 5) is -0.00407. The Morgan fingerprint density at radius 2 is 0.850 bits per heavy atom. The fourth-order valence-corrected chi connectivity index (χ4v) is 4.18. The molecule has 2 N–H and O–H groups in total. The summed E-state index contributed by atoms with van der Waals surface area (Å²) >= 11 is 0. The van der Waals surface area contributed by atoms with E-state index in [1.54, 1.807) is 13.0 Å². The molecule has 0 saturated carbocycles. The fraction of sp³-hybridized carbons (Fsp3) is 0.615. The number of aryl methyl sites for hydroxylation is 5. The summed E-state index contributed by atoms with van der Waals surface area (Å²) in [5.41, 5.74) is 8.59. The Bertz CT molecular complexity index is 1320. The topological polar surface area (TPSA) is 109 Å². The van der Waals surface area contributed by atoms with Gasteiger partial charge >= 0.3 is 0 Å². The maximum Gasteiger partial charge on any atom is 0.294 e. The first-order valence-corrected chi connectivity index (χ1v) is 25.4. The molecule has 1 atom stereocenters. The van der Waals surface area contributed by atoms with Gasteiger partial charge in [0.15, 0.2) is 0 Å². The van der Waals surface area contributed by atoms with Crippen molar-refractivity contribution < 1.29 is 25.9 Å². The van der Waals surface area contributed by atoms with Crippen LogP contribution in [0.15, 0.2) is 90.9 Å². The summed E-state index contributed by atoms with van der Waals surface area (Å²) in [7, 11) is -7.85. The van der Waals surface area contributed by atoms with Crippen LogP contribution in [-0.2, 0) is 26.7 Å². The van der Waals surface area contributed by atoms with Crippen molar-refractivity contribution in [3.8, 4) is 0 Å². The lowest BCUT2D eigenvalue weighted by Gasteiger charge is -2.08. The van der Waals surface area contributed by atoms with Gasteiger partial charge < -0.3 is 0 Å². The summed E-state index contributed by atoms with van der Waals surface area (Å²) < 4.78 is 59.7. The van der Waals surface area contributed by atoms with Gasteiger partial charge in [-0.15, -0.1) is 26.3 Å². The second kappa shape index (κ2) is 70.8. The van der Waals surface area contributed by atoms with Crippen molar-refractivity contribution in [2.24, 2.45) is 5.92 Å². The molecule has 0 unspecified atom stereocenters. The van der Waals surface area contributed by atoms with Crippen LogP contribution in [0, 0.1) is 33.6 Å². The Morgan fingerprint density at radius 1 is 0.567 bits per heavy atom. The monoisotopic (exact) mass is 893 g/mol. The minimum Gasteiger partial charge on any atom is -0.286 e. The highest BCUT2D eigenvalue weighted by Gasteiger charge is 2.13. The predicted molar refractivity (Wildman–Crippen MR) is 284 cm³/mol. The smallest absolute Gasteiger partial charge is 0.286 e. The summed E-state index contributed by atoms with van der Waals surface area (Å²) in [6.07, 6.45) is 2.39. The maximum absolute atomic E-state index is 10.9. The Kier molecular flexibility index (Phi) is 104. The van der Waals surface area contributed by atoms with Crippen LogP contribution < -0.4 is 0 Å². The van der Waals surface area contributed by atoms with Gasteiger partial charge in [-0.25, -0.2) is 0 Å². The molecule has 0 amide bonds. The molecule has 8 heteroatoms. The van der Waals surface area contributed by atoms with E-state index < -0.39 is 20.2 Å². The minimum absolute atomic E-state index is 0.00407. The van der Waals surface area contributed by atoms with Crippen LogP contribution in [-0.4, -0.2) is 31.7 Å². The second-order valence-electron chi connectivity index (χ2n) is 11.1. The van der Waals surface area contributed by atoms with Crippen molar-refractivity contribution in [2.75, 3.05) is 5.75 Å². The Hall–Kier alpha value is -2.78. The first kappa shape index (κ1) is 88.4. The van der Waals surface area contributed by atoms with E-state index in [9.17, 15) is 16.8 Å². The number of benzene rings is 2. The van der Waals surface area contributed by atoms with E-state index in [1.807, 2.05) is 166 Å². The molecule has 364 valence electrons. The fourth-order valence-electron chi connectivity index (χ4n) is 2.85. The number of allylic oxidation sites excluding steroid dienone is 3. The Labute approximate surface area is 381 Å². The molecular formula is C52H108O6S2. The lowest BCUT2D eigenvalue weighted by atomic mass is 9.99. The molecule has 0 aromatic heterocycles. The quantitative estimate of drug-likeness (QED) is 0.212. The standard InChI is InChI=1S/C9H12O3S.C9H12.C8H16O3S.2C4H8.8C2H6.C2H4/c1-6-4-8(3)9(5-7(6)2)13(10,11)12;1-3-9-6-4-8(2)5-7-9;1-7(2)8(3)5-4-6-12(9,10)11;2*1-4(2)3;9*1-2/h4-5H,1-3H3,(H,10,11,12);4-7H,3H2,1-2H3;8H,1,4-6H2,2-3H3,(H,9,10,11);2*1H2,2-3H3;8*1-2H3;1-2H2/t;;8-;;;;;;;;;;;/m..1.........../s1. The molecule has 0 radical (unpaired) electrons. The van der Waals surface area contributed by atoms with Gasteiger partial charge in [0, 0.05) is 0 Å². The zero-order valence-corrected chi connectivity index (χ0v) is 46.9. The zero-order chi connectivity index (χ0) is 51.8. The second-order valence-corrected chi connectivity index (χ2v) is 14.1. The Morgan fingerprint density at radius 3 is 1.08 bits per heavy atom. The molecule has 0 saturated heterocycles. The molecule has 0 aliphatic rings. The molecule has 2 aromatic carbocycles. The van der Waals surface area contributed by atoms with Crippen molar-refractivity contribution in [3.63, 3.8) is 0 Å². The normalized spacial score (nSPS) is 8.55. The van der Waals surface area contributed by atoms with Gasteiger partial charge in [-0.05, 0) is 116 Å². The largest absolute Gasteiger partial charge is 0.294 e. The minimum atomic E-state index is -4.07. The maximum atomic E-state index is 10.9.